The first-order chi connectivity index (χ1) is 9.40. The lowest BCUT2D eigenvalue weighted by molar-refractivity contribution is 0.482. The molecule has 0 aromatic carbocycles. The molecule has 2 aliphatic carbocycles. The third-order valence-electron chi connectivity index (χ3n) is 4.64. The Labute approximate surface area is 120 Å². The predicted molar refractivity (Wildman–Crippen MR) is 83.8 cm³/mol. The van der Waals surface area contributed by atoms with Gasteiger partial charge in [-0.25, -0.2) is 0 Å². The van der Waals surface area contributed by atoms with Crippen molar-refractivity contribution in [2.24, 2.45) is 17.8 Å². The van der Waals surface area contributed by atoms with Crippen LogP contribution in [-0.4, -0.2) is 0 Å². The molecule has 0 aliphatic heterocycles. The van der Waals surface area contributed by atoms with Crippen LogP contribution in [0, 0.1) is 24.2 Å². The van der Waals surface area contributed by atoms with Crippen molar-refractivity contribution >= 4 is 0 Å². The third kappa shape index (κ3) is 5.16. The van der Waals surface area contributed by atoms with Crippen molar-refractivity contribution in [1.82, 2.24) is 0 Å². The minimum Gasteiger partial charge on any atom is -0.0808 e. The van der Waals surface area contributed by atoms with E-state index < -0.39 is 0 Å². The van der Waals surface area contributed by atoms with Crippen LogP contribution in [0.3, 0.4) is 0 Å². The number of fused-ring (bicyclic) bond motifs is 1. The maximum absolute atomic E-state index is 3.77. The van der Waals surface area contributed by atoms with Crippen LogP contribution in [0.25, 0.3) is 0 Å². The van der Waals surface area contributed by atoms with E-state index in [4.69, 9.17) is 0 Å². The SMILES string of the molecule is CCCCCCCCCCC1[C]C2C=CC=CC2C1. The molecule has 3 atom stereocenters. The van der Waals surface area contributed by atoms with Crippen LogP contribution < -0.4 is 0 Å². The van der Waals surface area contributed by atoms with Crippen LogP contribution in [0.5, 0.6) is 0 Å². The van der Waals surface area contributed by atoms with Gasteiger partial charge in [-0.15, -0.1) is 0 Å². The lowest BCUT2D eigenvalue weighted by atomic mass is 9.92. The minimum absolute atomic E-state index is 0.629. The van der Waals surface area contributed by atoms with Gasteiger partial charge in [-0.3, -0.25) is 0 Å². The van der Waals surface area contributed by atoms with Crippen molar-refractivity contribution < 1.29 is 0 Å². The summed E-state index contributed by atoms with van der Waals surface area (Å²) < 4.78 is 0. The average Bonchev–Trinajstić information content (AvgIpc) is 2.84. The number of hydrogen-bond acceptors (Lipinski definition) is 0. The second-order valence-electron chi connectivity index (χ2n) is 6.32. The maximum Gasteiger partial charge on any atom is -0.00588 e. The Balaban J connectivity index is 1.46. The highest BCUT2D eigenvalue weighted by Gasteiger charge is 2.31. The van der Waals surface area contributed by atoms with E-state index in [9.17, 15) is 0 Å². The summed E-state index contributed by atoms with van der Waals surface area (Å²) in [6.07, 6.45) is 27.0. The van der Waals surface area contributed by atoms with Crippen molar-refractivity contribution in [1.29, 1.82) is 0 Å². The van der Waals surface area contributed by atoms with E-state index >= 15 is 0 Å². The quantitative estimate of drug-likeness (QED) is 0.446. The first kappa shape index (κ1) is 14.9. The monoisotopic (exact) mass is 258 g/mol. The highest BCUT2D eigenvalue weighted by Crippen LogP contribution is 2.41. The lowest BCUT2D eigenvalue weighted by Crippen LogP contribution is -2.03. The molecule has 0 saturated heterocycles. The largest absolute Gasteiger partial charge is 0.0808 e. The lowest BCUT2D eigenvalue weighted by Gasteiger charge is -2.12. The Morgan fingerprint density at radius 2 is 1.58 bits per heavy atom. The van der Waals surface area contributed by atoms with Gasteiger partial charge in [0.1, 0.15) is 0 Å². The summed E-state index contributed by atoms with van der Waals surface area (Å²) in [7, 11) is 0. The second kappa shape index (κ2) is 8.61. The summed E-state index contributed by atoms with van der Waals surface area (Å²) in [6, 6.07) is 0. The number of allylic oxidation sites excluding steroid dienone is 4. The molecule has 1 fully saturated rings. The molecule has 2 radical (unpaired) electrons. The Bertz CT molecular complexity index is 266. The fourth-order valence-electron chi connectivity index (χ4n) is 3.45. The standard InChI is InChI=1S/C19H30/c1-2-3-4-5-6-7-8-9-12-17-15-18-13-10-11-14-19(18)16-17/h10-11,13-14,17-19H,2-9,12,15H2,1H3. The Kier molecular flexibility index (Phi) is 6.74. The molecule has 2 aliphatic rings. The van der Waals surface area contributed by atoms with Gasteiger partial charge in [-0.1, -0.05) is 82.6 Å². The molecule has 0 heterocycles. The van der Waals surface area contributed by atoms with Gasteiger partial charge >= 0.3 is 0 Å². The fraction of sp³-hybridized carbons (Fsp3) is 0.737. The van der Waals surface area contributed by atoms with Crippen LogP contribution in [0.15, 0.2) is 24.3 Å². The molecule has 0 N–H and O–H groups in total. The van der Waals surface area contributed by atoms with Gasteiger partial charge in [-0.05, 0) is 37.0 Å². The summed E-state index contributed by atoms with van der Waals surface area (Å²) in [6.45, 7) is 2.29. The van der Waals surface area contributed by atoms with Crippen LogP contribution in [-0.2, 0) is 0 Å². The third-order valence-corrected chi connectivity index (χ3v) is 4.64. The fourth-order valence-corrected chi connectivity index (χ4v) is 3.45. The van der Waals surface area contributed by atoms with E-state index in [0.717, 1.165) is 11.8 Å². The molecular formula is C19H30. The van der Waals surface area contributed by atoms with Gasteiger partial charge in [0, 0.05) is 0 Å². The smallest absolute Gasteiger partial charge is 0.00588 e. The van der Waals surface area contributed by atoms with Crippen LogP contribution >= 0.6 is 0 Å². The molecule has 0 amide bonds. The van der Waals surface area contributed by atoms with E-state index in [-0.39, 0.29) is 0 Å². The van der Waals surface area contributed by atoms with Gasteiger partial charge in [0.15, 0.2) is 0 Å². The Hall–Kier alpha value is -0.520. The van der Waals surface area contributed by atoms with Gasteiger partial charge in [0.25, 0.3) is 0 Å². The van der Waals surface area contributed by atoms with Crippen molar-refractivity contribution in [3.63, 3.8) is 0 Å². The van der Waals surface area contributed by atoms with E-state index in [0.29, 0.717) is 5.92 Å². The van der Waals surface area contributed by atoms with Gasteiger partial charge in [0.05, 0.1) is 0 Å². The van der Waals surface area contributed by atoms with Crippen molar-refractivity contribution in [2.75, 3.05) is 0 Å². The van der Waals surface area contributed by atoms with Crippen molar-refractivity contribution in [3.8, 4) is 0 Å². The highest BCUT2D eigenvalue weighted by molar-refractivity contribution is 5.20. The zero-order valence-electron chi connectivity index (χ0n) is 12.6. The molecule has 1 saturated carbocycles. The zero-order chi connectivity index (χ0) is 13.3. The van der Waals surface area contributed by atoms with Crippen LogP contribution in [0.2, 0.25) is 0 Å². The van der Waals surface area contributed by atoms with Crippen molar-refractivity contribution in [2.45, 2.75) is 71.1 Å². The number of rotatable bonds is 9. The van der Waals surface area contributed by atoms with E-state index in [1.165, 1.54) is 64.2 Å². The highest BCUT2D eigenvalue weighted by atomic mass is 14.4. The second-order valence-corrected chi connectivity index (χ2v) is 6.32. The van der Waals surface area contributed by atoms with E-state index in [1.54, 1.807) is 0 Å². The topological polar surface area (TPSA) is 0 Å². The number of unbranched alkanes of at least 4 members (excludes halogenated alkanes) is 7. The Morgan fingerprint density at radius 3 is 2.32 bits per heavy atom. The molecule has 2 rings (SSSR count). The molecular weight excluding hydrogens is 228 g/mol. The van der Waals surface area contributed by atoms with E-state index in [1.807, 2.05) is 0 Å². The van der Waals surface area contributed by atoms with Gasteiger partial charge < -0.3 is 0 Å². The maximum atomic E-state index is 3.77. The molecule has 0 aromatic rings. The molecule has 3 unspecified atom stereocenters. The van der Waals surface area contributed by atoms with Gasteiger partial charge in [-0.2, -0.15) is 0 Å². The molecule has 0 aromatic heterocycles. The molecule has 0 heteroatoms. The summed E-state index contributed by atoms with van der Waals surface area (Å²) in [4.78, 5) is 0. The van der Waals surface area contributed by atoms with Gasteiger partial charge in [0.2, 0.25) is 0 Å². The first-order valence-electron chi connectivity index (χ1n) is 8.51. The number of hydrogen-bond donors (Lipinski definition) is 0. The van der Waals surface area contributed by atoms with Crippen LogP contribution in [0.1, 0.15) is 71.1 Å². The molecule has 106 valence electrons. The average molecular weight is 258 g/mol. The summed E-state index contributed by atoms with van der Waals surface area (Å²) in [5.74, 6) is 2.16. The molecule has 0 bridgehead atoms. The summed E-state index contributed by atoms with van der Waals surface area (Å²) in [5, 5.41) is 0. The minimum atomic E-state index is 0.629. The molecule has 19 heavy (non-hydrogen) atoms. The molecule has 0 nitrogen and oxygen atoms in total. The predicted octanol–water partition coefficient (Wildman–Crippen LogP) is 5.98. The normalized spacial score (nSPS) is 28.8. The first-order valence-corrected chi connectivity index (χ1v) is 8.51. The van der Waals surface area contributed by atoms with Crippen molar-refractivity contribution in [3.05, 3.63) is 30.7 Å². The molecule has 0 spiro atoms. The zero-order valence-corrected chi connectivity index (χ0v) is 12.6. The summed E-state index contributed by atoms with van der Waals surface area (Å²) in [5.41, 5.74) is 0. The Morgan fingerprint density at radius 1 is 0.895 bits per heavy atom. The van der Waals surface area contributed by atoms with E-state index in [2.05, 4.69) is 37.6 Å². The summed E-state index contributed by atoms with van der Waals surface area (Å²) >= 11 is 0. The van der Waals surface area contributed by atoms with Crippen LogP contribution in [0.4, 0.5) is 0 Å².